The van der Waals surface area contributed by atoms with Gasteiger partial charge in [0.15, 0.2) is 22.8 Å². The number of hydrogen-bond donors (Lipinski definition) is 3. The summed E-state index contributed by atoms with van der Waals surface area (Å²) in [6.45, 7) is 3.62. The lowest BCUT2D eigenvalue weighted by molar-refractivity contribution is -0.138. The third-order valence-corrected chi connectivity index (χ3v) is 3.66. The van der Waals surface area contributed by atoms with E-state index in [1.54, 1.807) is 6.07 Å². The number of aromatic hydroxyl groups is 1. The highest BCUT2D eigenvalue weighted by Gasteiger charge is 2.42. The maximum absolute atomic E-state index is 11.1. The third-order valence-electron chi connectivity index (χ3n) is 2.51. The molecule has 0 radical (unpaired) electrons. The molecule has 104 valence electrons. The van der Waals surface area contributed by atoms with Crippen molar-refractivity contribution in [1.29, 1.82) is 0 Å². The number of carboxylic acid groups (broad SMARTS) is 1. The van der Waals surface area contributed by atoms with Crippen molar-refractivity contribution in [2.45, 2.75) is 24.6 Å². The number of anilines is 1. The lowest BCUT2D eigenvalue weighted by Gasteiger charge is -2.20. The molecule has 0 spiro atoms. The summed E-state index contributed by atoms with van der Waals surface area (Å²) >= 11 is 1.31. The predicted octanol–water partition coefficient (Wildman–Crippen LogP) is 1.96. The highest BCUT2D eigenvalue weighted by Crippen LogP contribution is 2.38. The van der Waals surface area contributed by atoms with E-state index in [-0.39, 0.29) is 24.0 Å². The van der Waals surface area contributed by atoms with Gasteiger partial charge in [0, 0.05) is 6.20 Å². The minimum absolute atomic E-state index is 0. The number of nitrogens with one attached hydrogen (secondary N) is 1. The fraction of sp³-hybridized carbons (Fsp3) is 0.364. The molecule has 1 aromatic heterocycles. The molecule has 3 N–H and O–H groups in total. The molecular formula is C11H14ClN3O3S. The number of nitrogens with zero attached hydrogens (tertiary/aromatic N) is 2. The Balaban J connectivity index is 0.00000180. The molecule has 0 saturated carbocycles. The molecule has 1 atom stereocenters. The zero-order valence-corrected chi connectivity index (χ0v) is 12.0. The maximum atomic E-state index is 11.1. The second-order valence-electron chi connectivity index (χ2n) is 4.38. The van der Waals surface area contributed by atoms with Crippen molar-refractivity contribution < 1.29 is 15.0 Å². The van der Waals surface area contributed by atoms with Crippen molar-refractivity contribution in [1.82, 2.24) is 4.98 Å². The largest absolute Gasteiger partial charge is 0.504 e. The summed E-state index contributed by atoms with van der Waals surface area (Å²) in [6.07, 6.45) is 1.53. The van der Waals surface area contributed by atoms with Crippen LogP contribution in [0.3, 0.4) is 0 Å². The molecule has 0 saturated heterocycles. The number of amidine groups is 1. The number of halogens is 1. The molecule has 19 heavy (non-hydrogen) atoms. The van der Waals surface area contributed by atoms with Crippen LogP contribution in [-0.2, 0) is 4.79 Å². The van der Waals surface area contributed by atoms with Crippen molar-refractivity contribution in [3.63, 3.8) is 0 Å². The number of pyridine rings is 1. The van der Waals surface area contributed by atoms with Crippen LogP contribution < -0.4 is 5.32 Å². The number of carbonyl (C=O) groups is 1. The average molecular weight is 304 g/mol. The second-order valence-corrected chi connectivity index (χ2v) is 6.02. The first kappa shape index (κ1) is 15.6. The van der Waals surface area contributed by atoms with Crippen LogP contribution in [-0.4, -0.2) is 37.1 Å². The summed E-state index contributed by atoms with van der Waals surface area (Å²) in [5.74, 6) is -0.697. The van der Waals surface area contributed by atoms with Crippen LogP contribution in [0.1, 0.15) is 13.8 Å². The highest BCUT2D eigenvalue weighted by atomic mass is 35.5. The quantitative estimate of drug-likeness (QED) is 0.773. The van der Waals surface area contributed by atoms with Gasteiger partial charge in [0.2, 0.25) is 0 Å². The molecular weight excluding hydrogens is 290 g/mol. The van der Waals surface area contributed by atoms with Crippen molar-refractivity contribution >= 4 is 41.1 Å². The number of hydrogen-bond acceptors (Lipinski definition) is 6. The summed E-state index contributed by atoms with van der Waals surface area (Å²) < 4.78 is -0.529. The van der Waals surface area contributed by atoms with Gasteiger partial charge in [-0.15, -0.1) is 12.4 Å². The normalized spacial score (nSPS) is 20.3. The van der Waals surface area contributed by atoms with E-state index in [1.807, 2.05) is 13.8 Å². The third kappa shape index (κ3) is 3.30. The monoisotopic (exact) mass is 303 g/mol. The average Bonchev–Trinajstić information content (AvgIpc) is 2.57. The van der Waals surface area contributed by atoms with Gasteiger partial charge in [-0.05, 0) is 26.0 Å². The van der Waals surface area contributed by atoms with E-state index in [0.29, 0.717) is 5.17 Å². The Kier molecular flexibility index (Phi) is 4.65. The van der Waals surface area contributed by atoms with Gasteiger partial charge < -0.3 is 15.5 Å². The van der Waals surface area contributed by atoms with Gasteiger partial charge in [0.1, 0.15) is 0 Å². The van der Waals surface area contributed by atoms with Crippen LogP contribution in [0.5, 0.6) is 5.75 Å². The van der Waals surface area contributed by atoms with E-state index in [9.17, 15) is 9.90 Å². The van der Waals surface area contributed by atoms with Crippen molar-refractivity contribution in [3.05, 3.63) is 18.3 Å². The first-order valence-electron chi connectivity index (χ1n) is 5.31. The topological polar surface area (TPSA) is 94.8 Å². The molecule has 0 fully saturated rings. The van der Waals surface area contributed by atoms with Crippen LogP contribution in [0.15, 0.2) is 23.3 Å². The summed E-state index contributed by atoms with van der Waals surface area (Å²) in [4.78, 5) is 19.1. The SMILES string of the molecule is CC1(C)SC(Nc2ncccc2O)=N[C@H]1C(=O)O.Cl. The summed E-state index contributed by atoms with van der Waals surface area (Å²) in [5.41, 5.74) is 0. The summed E-state index contributed by atoms with van der Waals surface area (Å²) in [7, 11) is 0. The number of rotatable bonds is 2. The summed E-state index contributed by atoms with van der Waals surface area (Å²) in [6, 6.07) is 2.29. The van der Waals surface area contributed by atoms with Gasteiger partial charge in [-0.1, -0.05) is 11.8 Å². The van der Waals surface area contributed by atoms with E-state index >= 15 is 0 Å². The van der Waals surface area contributed by atoms with Crippen LogP contribution in [0.2, 0.25) is 0 Å². The first-order chi connectivity index (χ1) is 8.40. The Morgan fingerprint density at radius 1 is 1.53 bits per heavy atom. The molecule has 6 nitrogen and oxygen atoms in total. The van der Waals surface area contributed by atoms with Crippen LogP contribution in [0.25, 0.3) is 0 Å². The maximum Gasteiger partial charge on any atom is 0.329 e. The lowest BCUT2D eigenvalue weighted by atomic mass is 10.0. The molecule has 0 aromatic carbocycles. The number of aliphatic imine (C=N–C) groups is 1. The van der Waals surface area contributed by atoms with E-state index in [2.05, 4.69) is 15.3 Å². The molecule has 0 bridgehead atoms. The smallest absolute Gasteiger partial charge is 0.329 e. The number of aromatic nitrogens is 1. The molecule has 8 heteroatoms. The van der Waals surface area contributed by atoms with Crippen LogP contribution >= 0.6 is 24.2 Å². The predicted molar refractivity (Wildman–Crippen MR) is 77.3 cm³/mol. The van der Waals surface area contributed by atoms with Crippen LogP contribution in [0, 0.1) is 0 Å². The Labute approximate surface area is 120 Å². The van der Waals surface area contributed by atoms with E-state index in [0.717, 1.165) is 0 Å². The van der Waals surface area contributed by atoms with E-state index < -0.39 is 16.8 Å². The van der Waals surface area contributed by atoms with Crippen molar-refractivity contribution in [2.75, 3.05) is 5.32 Å². The second kappa shape index (κ2) is 5.66. The Morgan fingerprint density at radius 3 is 2.74 bits per heavy atom. The molecule has 0 unspecified atom stereocenters. The minimum Gasteiger partial charge on any atom is -0.504 e. The number of thioether (sulfide) groups is 1. The van der Waals surface area contributed by atoms with Gasteiger partial charge in [-0.25, -0.2) is 14.8 Å². The summed E-state index contributed by atoms with van der Waals surface area (Å²) in [5, 5.41) is 21.9. The van der Waals surface area contributed by atoms with Gasteiger partial charge in [0.05, 0.1) is 4.75 Å². The van der Waals surface area contributed by atoms with Gasteiger partial charge in [-0.2, -0.15) is 0 Å². The van der Waals surface area contributed by atoms with Gasteiger partial charge in [0.25, 0.3) is 0 Å². The Hall–Kier alpha value is -1.47. The molecule has 2 heterocycles. The minimum atomic E-state index is -0.963. The number of aliphatic carboxylic acids is 1. The zero-order valence-electron chi connectivity index (χ0n) is 10.3. The van der Waals surface area contributed by atoms with E-state index in [4.69, 9.17) is 5.11 Å². The Bertz CT molecular complexity index is 522. The molecule has 0 amide bonds. The van der Waals surface area contributed by atoms with E-state index in [1.165, 1.54) is 24.0 Å². The van der Waals surface area contributed by atoms with Crippen molar-refractivity contribution in [2.24, 2.45) is 4.99 Å². The van der Waals surface area contributed by atoms with Crippen LogP contribution in [0.4, 0.5) is 5.82 Å². The fourth-order valence-corrected chi connectivity index (χ4v) is 2.68. The van der Waals surface area contributed by atoms with Gasteiger partial charge in [-0.3, -0.25) is 0 Å². The molecule has 1 aliphatic rings. The van der Waals surface area contributed by atoms with Gasteiger partial charge >= 0.3 is 5.97 Å². The standard InChI is InChI=1S/C11H13N3O3S.ClH/c1-11(2)7(9(16)17)13-10(18-11)14-8-6(15)4-3-5-12-8;/h3-5,7,15H,1-2H3,(H,16,17)(H,12,13,14);1H/t7-;/m0./s1. The number of carboxylic acids is 1. The molecule has 1 aromatic rings. The molecule has 1 aliphatic heterocycles. The first-order valence-corrected chi connectivity index (χ1v) is 6.12. The Morgan fingerprint density at radius 2 is 2.21 bits per heavy atom. The molecule has 2 rings (SSSR count). The molecule has 0 aliphatic carbocycles. The zero-order chi connectivity index (χ0) is 13.3. The highest BCUT2D eigenvalue weighted by molar-refractivity contribution is 8.15. The fourth-order valence-electron chi connectivity index (χ4n) is 1.61. The van der Waals surface area contributed by atoms with Crippen molar-refractivity contribution in [3.8, 4) is 5.75 Å². The lowest BCUT2D eigenvalue weighted by Crippen LogP contribution is -2.34.